The Labute approximate surface area is 165 Å². The Morgan fingerprint density at radius 2 is 1.86 bits per heavy atom. The first-order valence-corrected chi connectivity index (χ1v) is 9.96. The van der Waals surface area contributed by atoms with Crippen molar-refractivity contribution in [1.82, 2.24) is 25.2 Å². The van der Waals surface area contributed by atoms with E-state index < -0.39 is 0 Å². The molecular formula is C22H27N5O. The van der Waals surface area contributed by atoms with Gasteiger partial charge < -0.3 is 0 Å². The number of rotatable bonds is 6. The van der Waals surface area contributed by atoms with Gasteiger partial charge in [0.1, 0.15) is 5.82 Å². The van der Waals surface area contributed by atoms with E-state index in [4.69, 9.17) is 0 Å². The Hall–Kier alpha value is -2.70. The van der Waals surface area contributed by atoms with E-state index in [1.165, 1.54) is 21.4 Å². The summed E-state index contributed by atoms with van der Waals surface area (Å²) in [6, 6.07) is 16.5. The number of hydrogen-bond acceptors (Lipinski definition) is 4. The van der Waals surface area contributed by atoms with Crippen molar-refractivity contribution in [2.24, 2.45) is 0 Å². The standard InChI is InChI=1S/C22H27N5O/c1-3-18-13-20(9-10-21(18)19-14-23-24-15-19)27-22(28)26(16(2)25-27)12-11-17-7-5-4-6-8-17/h4-10,13,19,23-24H,3,11-12,14-15H2,1-2H3. The van der Waals surface area contributed by atoms with Crippen LogP contribution in [-0.2, 0) is 19.4 Å². The average molecular weight is 377 g/mol. The van der Waals surface area contributed by atoms with Gasteiger partial charge in [0.15, 0.2) is 0 Å². The summed E-state index contributed by atoms with van der Waals surface area (Å²) in [4.78, 5) is 13.0. The van der Waals surface area contributed by atoms with Crippen molar-refractivity contribution in [1.29, 1.82) is 0 Å². The van der Waals surface area contributed by atoms with Crippen molar-refractivity contribution >= 4 is 0 Å². The first kappa shape index (κ1) is 18.7. The lowest BCUT2D eigenvalue weighted by molar-refractivity contribution is 0.646. The summed E-state index contributed by atoms with van der Waals surface area (Å²) >= 11 is 0. The minimum atomic E-state index is -0.0765. The molecule has 6 heteroatoms. The number of nitrogens with one attached hydrogen (secondary N) is 2. The molecule has 28 heavy (non-hydrogen) atoms. The largest absolute Gasteiger partial charge is 0.350 e. The van der Waals surface area contributed by atoms with Gasteiger partial charge >= 0.3 is 5.69 Å². The van der Waals surface area contributed by atoms with Crippen LogP contribution in [0, 0.1) is 6.92 Å². The number of aromatic nitrogens is 3. The first-order chi connectivity index (χ1) is 13.7. The predicted molar refractivity (Wildman–Crippen MR) is 111 cm³/mol. The van der Waals surface area contributed by atoms with E-state index in [9.17, 15) is 4.79 Å². The molecule has 3 aromatic rings. The lowest BCUT2D eigenvalue weighted by Crippen LogP contribution is -2.25. The Kier molecular flexibility index (Phi) is 5.41. The zero-order valence-corrected chi connectivity index (χ0v) is 16.5. The molecule has 0 radical (unpaired) electrons. The molecule has 1 saturated heterocycles. The van der Waals surface area contributed by atoms with Crippen LogP contribution in [0.1, 0.15) is 35.4 Å². The van der Waals surface area contributed by atoms with Crippen molar-refractivity contribution in [3.8, 4) is 5.69 Å². The zero-order chi connectivity index (χ0) is 19.5. The number of hydrogen-bond donors (Lipinski definition) is 2. The SMILES string of the molecule is CCc1cc(-n2nc(C)n(CCc3ccccc3)c2=O)ccc1C1CNNC1. The fourth-order valence-corrected chi connectivity index (χ4v) is 3.92. The molecule has 6 nitrogen and oxygen atoms in total. The Morgan fingerprint density at radius 1 is 1.11 bits per heavy atom. The minimum absolute atomic E-state index is 0.0765. The monoisotopic (exact) mass is 377 g/mol. The Morgan fingerprint density at radius 3 is 2.57 bits per heavy atom. The molecule has 146 valence electrons. The van der Waals surface area contributed by atoms with Crippen LogP contribution in [0.5, 0.6) is 0 Å². The van der Waals surface area contributed by atoms with Gasteiger partial charge in [0.05, 0.1) is 5.69 Å². The molecule has 1 aromatic heterocycles. The fourth-order valence-electron chi connectivity index (χ4n) is 3.92. The highest BCUT2D eigenvalue weighted by Crippen LogP contribution is 2.24. The van der Waals surface area contributed by atoms with Gasteiger partial charge in [0, 0.05) is 25.6 Å². The van der Waals surface area contributed by atoms with Crippen molar-refractivity contribution in [2.45, 2.75) is 39.2 Å². The lowest BCUT2D eigenvalue weighted by Gasteiger charge is -2.14. The Bertz CT molecular complexity index is 1000. The smallest absolute Gasteiger partial charge is 0.278 e. The van der Waals surface area contributed by atoms with Crippen LogP contribution in [0.3, 0.4) is 0 Å². The van der Waals surface area contributed by atoms with Gasteiger partial charge in [-0.15, -0.1) is 0 Å². The van der Waals surface area contributed by atoms with Gasteiger partial charge in [-0.05, 0) is 48.6 Å². The van der Waals surface area contributed by atoms with Gasteiger partial charge in [-0.1, -0.05) is 43.3 Å². The van der Waals surface area contributed by atoms with Crippen LogP contribution in [-0.4, -0.2) is 27.4 Å². The molecule has 0 amide bonds. The molecule has 1 fully saturated rings. The number of benzene rings is 2. The number of nitrogens with zero attached hydrogens (tertiary/aromatic N) is 3. The minimum Gasteiger partial charge on any atom is -0.278 e. The van der Waals surface area contributed by atoms with Crippen LogP contribution in [0.15, 0.2) is 53.3 Å². The highest BCUT2D eigenvalue weighted by atomic mass is 16.2. The summed E-state index contributed by atoms with van der Waals surface area (Å²) in [5.41, 5.74) is 11.0. The van der Waals surface area contributed by atoms with Crippen LogP contribution in [0.4, 0.5) is 0 Å². The van der Waals surface area contributed by atoms with Crippen LogP contribution < -0.4 is 16.5 Å². The quantitative estimate of drug-likeness (QED) is 0.692. The zero-order valence-electron chi connectivity index (χ0n) is 16.5. The summed E-state index contributed by atoms with van der Waals surface area (Å²) in [7, 11) is 0. The highest BCUT2D eigenvalue weighted by molar-refractivity contribution is 5.42. The van der Waals surface area contributed by atoms with E-state index in [-0.39, 0.29) is 5.69 Å². The van der Waals surface area contributed by atoms with Crippen LogP contribution in [0.25, 0.3) is 5.69 Å². The molecule has 0 bridgehead atoms. The Balaban J connectivity index is 1.61. The molecule has 4 rings (SSSR count). The van der Waals surface area contributed by atoms with Gasteiger partial charge in [-0.25, -0.2) is 4.79 Å². The molecule has 0 spiro atoms. The highest BCUT2D eigenvalue weighted by Gasteiger charge is 2.20. The number of hydrazine groups is 1. The van der Waals surface area contributed by atoms with E-state index in [1.54, 1.807) is 4.57 Å². The fraction of sp³-hybridized carbons (Fsp3) is 0.364. The normalized spacial score (nSPS) is 14.6. The van der Waals surface area contributed by atoms with Gasteiger partial charge in [-0.2, -0.15) is 9.78 Å². The van der Waals surface area contributed by atoms with Crippen molar-refractivity contribution in [3.05, 3.63) is 81.5 Å². The molecule has 0 saturated carbocycles. The molecule has 2 N–H and O–H groups in total. The van der Waals surface area contributed by atoms with Crippen molar-refractivity contribution < 1.29 is 0 Å². The van der Waals surface area contributed by atoms with Crippen LogP contribution >= 0.6 is 0 Å². The molecule has 0 unspecified atom stereocenters. The van der Waals surface area contributed by atoms with E-state index in [2.05, 4.69) is 47.1 Å². The van der Waals surface area contributed by atoms with E-state index >= 15 is 0 Å². The van der Waals surface area contributed by atoms with Crippen molar-refractivity contribution in [3.63, 3.8) is 0 Å². The summed E-state index contributed by atoms with van der Waals surface area (Å²) < 4.78 is 3.30. The van der Waals surface area contributed by atoms with Gasteiger partial charge in [-0.3, -0.25) is 15.4 Å². The topological polar surface area (TPSA) is 63.9 Å². The molecule has 0 aliphatic carbocycles. The summed E-state index contributed by atoms with van der Waals surface area (Å²) in [5.74, 6) is 1.21. The number of aryl methyl sites for hydroxylation is 3. The third kappa shape index (κ3) is 3.66. The third-order valence-electron chi connectivity index (χ3n) is 5.53. The summed E-state index contributed by atoms with van der Waals surface area (Å²) in [6.07, 6.45) is 1.75. The predicted octanol–water partition coefficient (Wildman–Crippen LogP) is 2.34. The van der Waals surface area contributed by atoms with E-state index in [1.807, 2.05) is 31.2 Å². The maximum absolute atomic E-state index is 13.0. The average Bonchev–Trinajstić information content (AvgIpc) is 3.35. The van der Waals surface area contributed by atoms with E-state index in [0.717, 1.165) is 37.4 Å². The molecule has 2 heterocycles. The van der Waals surface area contributed by atoms with Crippen LogP contribution in [0.2, 0.25) is 0 Å². The summed E-state index contributed by atoms with van der Waals surface area (Å²) in [6.45, 7) is 6.55. The first-order valence-electron chi connectivity index (χ1n) is 9.96. The third-order valence-corrected chi connectivity index (χ3v) is 5.53. The van der Waals surface area contributed by atoms with Gasteiger partial charge in [0.2, 0.25) is 0 Å². The molecular weight excluding hydrogens is 350 g/mol. The second-order valence-electron chi connectivity index (χ2n) is 7.32. The second kappa shape index (κ2) is 8.12. The molecule has 1 aliphatic heterocycles. The second-order valence-corrected chi connectivity index (χ2v) is 7.32. The maximum Gasteiger partial charge on any atom is 0.350 e. The molecule has 1 aliphatic rings. The molecule has 0 atom stereocenters. The van der Waals surface area contributed by atoms with E-state index in [0.29, 0.717) is 12.5 Å². The van der Waals surface area contributed by atoms with Crippen molar-refractivity contribution in [2.75, 3.05) is 13.1 Å². The maximum atomic E-state index is 13.0. The lowest BCUT2D eigenvalue weighted by atomic mass is 9.93. The van der Waals surface area contributed by atoms with Gasteiger partial charge in [0.25, 0.3) is 0 Å². The summed E-state index contributed by atoms with van der Waals surface area (Å²) in [5, 5.41) is 4.54. The molecule has 2 aromatic carbocycles.